The Morgan fingerprint density at radius 3 is 2.67 bits per heavy atom. The molecule has 0 bridgehead atoms. The van der Waals surface area contributed by atoms with Crippen molar-refractivity contribution in [1.29, 1.82) is 0 Å². The van der Waals surface area contributed by atoms with Gasteiger partial charge in [-0.3, -0.25) is 9.69 Å². The minimum Gasteiger partial charge on any atom is -0.398 e. The molecule has 1 fully saturated rings. The van der Waals surface area contributed by atoms with Gasteiger partial charge in [0, 0.05) is 11.4 Å². The number of benzene rings is 1. The second-order valence-corrected chi connectivity index (χ2v) is 6.15. The summed E-state index contributed by atoms with van der Waals surface area (Å²) in [7, 11) is 0. The highest BCUT2D eigenvalue weighted by Crippen LogP contribution is 2.21. The van der Waals surface area contributed by atoms with Crippen molar-refractivity contribution >= 4 is 17.3 Å². The molecule has 1 aliphatic rings. The first-order valence-corrected chi connectivity index (χ1v) is 7.94. The first-order chi connectivity index (χ1) is 10.0. The number of nitrogens with one attached hydrogen (secondary N) is 1. The highest BCUT2D eigenvalue weighted by molar-refractivity contribution is 5.95. The third-order valence-corrected chi connectivity index (χ3v) is 4.54. The van der Waals surface area contributed by atoms with Gasteiger partial charge >= 0.3 is 0 Å². The van der Waals surface area contributed by atoms with Crippen LogP contribution in [0.25, 0.3) is 0 Å². The molecule has 3 N–H and O–H groups in total. The quantitative estimate of drug-likeness (QED) is 0.838. The molecule has 1 unspecified atom stereocenters. The number of aryl methyl sites for hydroxylation is 1. The van der Waals surface area contributed by atoms with Crippen molar-refractivity contribution < 1.29 is 4.79 Å². The SMILES string of the molecule is CCc1ccc(NC(=O)C(C)N2CCC(C)CC2)cc1N. The molecule has 0 saturated carbocycles. The number of likely N-dealkylation sites (tertiary alicyclic amines) is 1. The van der Waals surface area contributed by atoms with E-state index in [0.717, 1.165) is 42.4 Å². The fourth-order valence-electron chi connectivity index (χ4n) is 2.82. The number of hydrogen-bond donors (Lipinski definition) is 2. The fraction of sp³-hybridized carbons (Fsp3) is 0.588. The smallest absolute Gasteiger partial charge is 0.241 e. The monoisotopic (exact) mass is 289 g/mol. The minimum atomic E-state index is -0.0930. The van der Waals surface area contributed by atoms with Gasteiger partial charge in [-0.2, -0.15) is 0 Å². The zero-order valence-electron chi connectivity index (χ0n) is 13.4. The molecular weight excluding hydrogens is 262 g/mol. The molecular formula is C17H27N3O. The third-order valence-electron chi connectivity index (χ3n) is 4.54. The summed E-state index contributed by atoms with van der Waals surface area (Å²) >= 11 is 0. The Morgan fingerprint density at radius 2 is 2.10 bits per heavy atom. The maximum Gasteiger partial charge on any atom is 0.241 e. The van der Waals surface area contributed by atoms with E-state index in [1.54, 1.807) is 0 Å². The van der Waals surface area contributed by atoms with Gasteiger partial charge in [0.25, 0.3) is 0 Å². The van der Waals surface area contributed by atoms with E-state index in [2.05, 4.69) is 24.1 Å². The molecule has 4 nitrogen and oxygen atoms in total. The number of hydrogen-bond acceptors (Lipinski definition) is 3. The van der Waals surface area contributed by atoms with Gasteiger partial charge in [-0.05, 0) is 62.9 Å². The molecule has 1 aromatic carbocycles. The van der Waals surface area contributed by atoms with Gasteiger partial charge in [-0.1, -0.05) is 19.9 Å². The highest BCUT2D eigenvalue weighted by atomic mass is 16.2. The topological polar surface area (TPSA) is 58.4 Å². The molecule has 1 atom stereocenters. The van der Waals surface area contributed by atoms with Crippen LogP contribution in [0.15, 0.2) is 18.2 Å². The normalized spacial score (nSPS) is 18.4. The number of nitrogens with zero attached hydrogens (tertiary/aromatic N) is 1. The molecule has 0 aliphatic carbocycles. The summed E-state index contributed by atoms with van der Waals surface area (Å²) in [5.41, 5.74) is 8.63. The average molecular weight is 289 g/mol. The van der Waals surface area contributed by atoms with Crippen molar-refractivity contribution in [2.45, 2.75) is 46.1 Å². The Hall–Kier alpha value is -1.55. The van der Waals surface area contributed by atoms with E-state index in [-0.39, 0.29) is 11.9 Å². The number of rotatable bonds is 4. The predicted octanol–water partition coefficient (Wildman–Crippen LogP) is 2.89. The van der Waals surface area contributed by atoms with Crippen LogP contribution in [0.5, 0.6) is 0 Å². The van der Waals surface area contributed by atoms with Gasteiger partial charge in [0.2, 0.25) is 5.91 Å². The molecule has 4 heteroatoms. The summed E-state index contributed by atoms with van der Waals surface area (Å²) in [5.74, 6) is 0.825. The predicted molar refractivity (Wildman–Crippen MR) is 88.3 cm³/mol. The maximum absolute atomic E-state index is 12.4. The standard InChI is InChI=1S/C17H27N3O/c1-4-14-5-6-15(11-16(14)18)19-17(21)13(3)20-9-7-12(2)8-10-20/h5-6,11-13H,4,7-10,18H2,1-3H3,(H,19,21). The van der Waals surface area contributed by atoms with E-state index in [1.807, 2.05) is 25.1 Å². The number of nitrogens with two attached hydrogens (primary N) is 1. The zero-order valence-corrected chi connectivity index (χ0v) is 13.4. The molecule has 1 heterocycles. The summed E-state index contributed by atoms with van der Waals surface area (Å²) < 4.78 is 0. The van der Waals surface area contributed by atoms with Gasteiger partial charge in [-0.25, -0.2) is 0 Å². The molecule has 116 valence electrons. The number of carbonyl (C=O) groups is 1. The van der Waals surface area contributed by atoms with Gasteiger partial charge in [0.15, 0.2) is 0 Å². The third kappa shape index (κ3) is 3.97. The van der Waals surface area contributed by atoms with Crippen LogP contribution in [0.4, 0.5) is 11.4 Å². The summed E-state index contributed by atoms with van der Waals surface area (Å²) in [6, 6.07) is 5.67. The fourth-order valence-corrected chi connectivity index (χ4v) is 2.82. The van der Waals surface area contributed by atoms with Gasteiger partial charge in [0.05, 0.1) is 6.04 Å². The Kier molecular flexibility index (Phi) is 5.23. The van der Waals surface area contributed by atoms with Crippen molar-refractivity contribution in [3.05, 3.63) is 23.8 Å². The molecule has 1 aromatic rings. The van der Waals surface area contributed by atoms with Crippen molar-refractivity contribution in [1.82, 2.24) is 4.90 Å². The Labute approximate surface area is 127 Å². The molecule has 21 heavy (non-hydrogen) atoms. The Balaban J connectivity index is 1.95. The first kappa shape index (κ1) is 15.8. The number of amides is 1. The van der Waals surface area contributed by atoms with Crippen LogP contribution in [-0.4, -0.2) is 29.9 Å². The van der Waals surface area contributed by atoms with Gasteiger partial charge in [0.1, 0.15) is 0 Å². The summed E-state index contributed by atoms with van der Waals surface area (Å²) in [6.45, 7) is 8.35. The Bertz CT molecular complexity index is 493. The Morgan fingerprint density at radius 1 is 1.43 bits per heavy atom. The summed E-state index contributed by atoms with van der Waals surface area (Å²) in [5, 5.41) is 2.98. The second-order valence-electron chi connectivity index (χ2n) is 6.15. The van der Waals surface area contributed by atoms with E-state index < -0.39 is 0 Å². The van der Waals surface area contributed by atoms with Gasteiger partial charge in [-0.15, -0.1) is 0 Å². The molecule has 0 spiro atoms. The summed E-state index contributed by atoms with van der Waals surface area (Å²) in [6.07, 6.45) is 3.26. The van der Waals surface area contributed by atoms with Crippen LogP contribution in [0.1, 0.15) is 39.2 Å². The maximum atomic E-state index is 12.4. The number of anilines is 2. The van der Waals surface area contributed by atoms with Crippen molar-refractivity contribution in [2.75, 3.05) is 24.1 Å². The molecule has 2 rings (SSSR count). The van der Waals surface area contributed by atoms with Crippen LogP contribution >= 0.6 is 0 Å². The lowest BCUT2D eigenvalue weighted by Gasteiger charge is -2.34. The largest absolute Gasteiger partial charge is 0.398 e. The summed E-state index contributed by atoms with van der Waals surface area (Å²) in [4.78, 5) is 14.6. The van der Waals surface area contributed by atoms with E-state index in [4.69, 9.17) is 5.73 Å². The molecule has 0 radical (unpaired) electrons. The zero-order chi connectivity index (χ0) is 15.4. The molecule has 1 saturated heterocycles. The number of nitrogen functional groups attached to an aromatic ring is 1. The lowest BCUT2D eigenvalue weighted by molar-refractivity contribution is -0.121. The van der Waals surface area contributed by atoms with E-state index >= 15 is 0 Å². The molecule has 1 aliphatic heterocycles. The van der Waals surface area contributed by atoms with Crippen LogP contribution < -0.4 is 11.1 Å². The lowest BCUT2D eigenvalue weighted by atomic mass is 9.98. The van der Waals surface area contributed by atoms with Crippen molar-refractivity contribution in [3.63, 3.8) is 0 Å². The van der Waals surface area contributed by atoms with E-state index in [0.29, 0.717) is 0 Å². The highest BCUT2D eigenvalue weighted by Gasteiger charge is 2.25. The van der Waals surface area contributed by atoms with Gasteiger partial charge < -0.3 is 11.1 Å². The van der Waals surface area contributed by atoms with Crippen molar-refractivity contribution in [2.24, 2.45) is 5.92 Å². The van der Waals surface area contributed by atoms with Crippen LogP contribution in [0.2, 0.25) is 0 Å². The van der Waals surface area contributed by atoms with Crippen LogP contribution in [-0.2, 0) is 11.2 Å². The number of carbonyl (C=O) groups excluding carboxylic acids is 1. The minimum absolute atomic E-state index is 0.0493. The number of piperidine rings is 1. The lowest BCUT2D eigenvalue weighted by Crippen LogP contribution is -2.45. The second kappa shape index (κ2) is 6.94. The van der Waals surface area contributed by atoms with E-state index in [1.165, 1.54) is 12.8 Å². The van der Waals surface area contributed by atoms with Crippen molar-refractivity contribution in [3.8, 4) is 0 Å². The molecule has 0 aromatic heterocycles. The first-order valence-electron chi connectivity index (χ1n) is 7.94. The van der Waals surface area contributed by atoms with Crippen LogP contribution in [0, 0.1) is 5.92 Å². The van der Waals surface area contributed by atoms with E-state index in [9.17, 15) is 4.79 Å². The molecule has 1 amide bonds. The average Bonchev–Trinajstić information content (AvgIpc) is 2.47. The van der Waals surface area contributed by atoms with Crippen LogP contribution in [0.3, 0.4) is 0 Å².